The molecule has 3 rings (SSSR count). The smallest absolute Gasteiger partial charge is 0.306 e. The Labute approximate surface area is 110 Å². The molecule has 1 N–H and O–H groups in total. The average Bonchev–Trinajstić information content (AvgIpc) is 3.03. The minimum absolute atomic E-state index is 0.193. The van der Waals surface area contributed by atoms with E-state index in [1.807, 2.05) is 30.3 Å². The van der Waals surface area contributed by atoms with Gasteiger partial charge in [0.2, 0.25) is 0 Å². The highest BCUT2D eigenvalue weighted by molar-refractivity contribution is 5.73. The molecule has 0 aliphatic heterocycles. The maximum atomic E-state index is 10.8. The molecule has 0 saturated heterocycles. The summed E-state index contributed by atoms with van der Waals surface area (Å²) < 4.78 is 1.76. The summed E-state index contributed by atoms with van der Waals surface area (Å²) in [6.45, 7) is 0.652. The first-order valence-corrected chi connectivity index (χ1v) is 6.37. The Balaban J connectivity index is 1.60. The summed E-state index contributed by atoms with van der Waals surface area (Å²) >= 11 is 0. The van der Waals surface area contributed by atoms with E-state index >= 15 is 0 Å². The standard InChI is InChI=1S/C14H15N3O2/c18-14(19)12-7-11(12)8-17-9-15-13(16-17)6-10-4-2-1-3-5-10/h1-5,9,11-12H,6-8H2,(H,18,19)/t11-,12+/m0/s1. The fourth-order valence-corrected chi connectivity index (χ4v) is 2.27. The third kappa shape index (κ3) is 2.81. The van der Waals surface area contributed by atoms with E-state index in [1.54, 1.807) is 11.0 Å². The fourth-order valence-electron chi connectivity index (χ4n) is 2.27. The minimum Gasteiger partial charge on any atom is -0.481 e. The van der Waals surface area contributed by atoms with Crippen LogP contribution in [-0.4, -0.2) is 25.8 Å². The van der Waals surface area contributed by atoms with Crippen molar-refractivity contribution in [2.24, 2.45) is 11.8 Å². The SMILES string of the molecule is O=C(O)[C@@H]1C[C@H]1Cn1cnc(Cc2ccccc2)n1. The predicted molar refractivity (Wildman–Crippen MR) is 68.5 cm³/mol. The van der Waals surface area contributed by atoms with Gasteiger partial charge in [-0.25, -0.2) is 4.98 Å². The summed E-state index contributed by atoms with van der Waals surface area (Å²) in [7, 11) is 0. The van der Waals surface area contributed by atoms with Gasteiger partial charge in [0.25, 0.3) is 0 Å². The van der Waals surface area contributed by atoms with Crippen molar-refractivity contribution in [1.82, 2.24) is 14.8 Å². The number of carbonyl (C=O) groups is 1. The second kappa shape index (κ2) is 4.84. The van der Waals surface area contributed by atoms with Crippen molar-refractivity contribution in [3.63, 3.8) is 0 Å². The zero-order valence-corrected chi connectivity index (χ0v) is 10.4. The molecule has 19 heavy (non-hydrogen) atoms. The first-order chi connectivity index (χ1) is 9.22. The average molecular weight is 257 g/mol. The van der Waals surface area contributed by atoms with Crippen LogP contribution in [0, 0.1) is 11.8 Å². The summed E-state index contributed by atoms with van der Waals surface area (Å²) in [6, 6.07) is 10.1. The van der Waals surface area contributed by atoms with Gasteiger partial charge in [-0.3, -0.25) is 9.48 Å². The number of aliphatic carboxylic acids is 1. The Hall–Kier alpha value is -2.17. The van der Waals surface area contributed by atoms with Crippen molar-refractivity contribution >= 4 is 5.97 Å². The Bertz CT molecular complexity index is 579. The third-order valence-corrected chi connectivity index (χ3v) is 3.45. The van der Waals surface area contributed by atoms with E-state index in [9.17, 15) is 4.79 Å². The molecular formula is C14H15N3O2. The molecule has 2 atom stereocenters. The molecule has 0 radical (unpaired) electrons. The lowest BCUT2D eigenvalue weighted by Crippen LogP contribution is -2.06. The number of carboxylic acid groups (broad SMARTS) is 1. The molecule has 1 saturated carbocycles. The molecule has 0 bridgehead atoms. The van der Waals surface area contributed by atoms with Crippen LogP contribution < -0.4 is 0 Å². The molecule has 0 unspecified atom stereocenters. The molecule has 5 nitrogen and oxygen atoms in total. The summed E-state index contributed by atoms with van der Waals surface area (Å²) in [5, 5.41) is 13.2. The molecule has 1 fully saturated rings. The second-order valence-corrected chi connectivity index (χ2v) is 4.99. The number of carboxylic acids is 1. The third-order valence-electron chi connectivity index (χ3n) is 3.45. The normalized spacial score (nSPS) is 21.3. The van der Waals surface area contributed by atoms with Gasteiger partial charge < -0.3 is 5.11 Å². The van der Waals surface area contributed by atoms with Gasteiger partial charge >= 0.3 is 5.97 Å². The number of aromatic nitrogens is 3. The molecule has 0 spiro atoms. The molecule has 0 amide bonds. The first kappa shape index (κ1) is 11.9. The van der Waals surface area contributed by atoms with Crippen LogP contribution in [0.1, 0.15) is 17.8 Å². The molecule has 1 aromatic heterocycles. The lowest BCUT2D eigenvalue weighted by molar-refractivity contribution is -0.138. The fraction of sp³-hybridized carbons (Fsp3) is 0.357. The van der Waals surface area contributed by atoms with Gasteiger partial charge in [-0.1, -0.05) is 30.3 Å². The highest BCUT2D eigenvalue weighted by Crippen LogP contribution is 2.39. The lowest BCUT2D eigenvalue weighted by Gasteiger charge is -1.98. The maximum Gasteiger partial charge on any atom is 0.306 e. The maximum absolute atomic E-state index is 10.8. The van der Waals surface area contributed by atoms with Crippen molar-refractivity contribution in [2.75, 3.05) is 0 Å². The molecule has 1 aliphatic carbocycles. The van der Waals surface area contributed by atoms with Crippen LogP contribution in [0.15, 0.2) is 36.7 Å². The lowest BCUT2D eigenvalue weighted by atomic mass is 10.1. The van der Waals surface area contributed by atoms with Crippen LogP contribution in [0.4, 0.5) is 0 Å². The van der Waals surface area contributed by atoms with Crippen molar-refractivity contribution in [1.29, 1.82) is 0 Å². The van der Waals surface area contributed by atoms with Gasteiger partial charge in [0, 0.05) is 13.0 Å². The molecule has 1 heterocycles. The molecule has 2 aromatic rings. The van der Waals surface area contributed by atoms with Crippen molar-refractivity contribution in [3.8, 4) is 0 Å². The number of rotatable bonds is 5. The summed E-state index contributed by atoms with van der Waals surface area (Å²) in [5.41, 5.74) is 1.18. The first-order valence-electron chi connectivity index (χ1n) is 6.37. The van der Waals surface area contributed by atoms with E-state index in [-0.39, 0.29) is 11.8 Å². The number of benzene rings is 1. The van der Waals surface area contributed by atoms with Crippen LogP contribution in [0.3, 0.4) is 0 Å². The van der Waals surface area contributed by atoms with Crippen molar-refractivity contribution in [2.45, 2.75) is 19.4 Å². The van der Waals surface area contributed by atoms with Crippen LogP contribution in [0.2, 0.25) is 0 Å². The minimum atomic E-state index is -0.699. The molecule has 1 aromatic carbocycles. The van der Waals surface area contributed by atoms with Gasteiger partial charge in [-0.15, -0.1) is 0 Å². The van der Waals surface area contributed by atoms with E-state index < -0.39 is 5.97 Å². The van der Waals surface area contributed by atoms with Gasteiger partial charge in [-0.05, 0) is 17.9 Å². The van der Waals surface area contributed by atoms with E-state index in [1.165, 1.54) is 5.56 Å². The Morgan fingerprint density at radius 3 is 2.84 bits per heavy atom. The molecule has 5 heteroatoms. The topological polar surface area (TPSA) is 68.0 Å². The van der Waals surface area contributed by atoms with Crippen LogP contribution >= 0.6 is 0 Å². The van der Waals surface area contributed by atoms with Crippen LogP contribution in [-0.2, 0) is 17.8 Å². The van der Waals surface area contributed by atoms with E-state index in [0.29, 0.717) is 13.0 Å². The van der Waals surface area contributed by atoms with Gasteiger partial charge in [0.1, 0.15) is 6.33 Å². The summed E-state index contributed by atoms with van der Waals surface area (Å²) in [6.07, 6.45) is 3.15. The van der Waals surface area contributed by atoms with Gasteiger partial charge in [0.15, 0.2) is 5.82 Å². The number of hydrogen-bond donors (Lipinski definition) is 1. The summed E-state index contributed by atoms with van der Waals surface area (Å²) in [4.78, 5) is 15.0. The van der Waals surface area contributed by atoms with Crippen molar-refractivity contribution in [3.05, 3.63) is 48.0 Å². The van der Waals surface area contributed by atoms with E-state index in [4.69, 9.17) is 5.11 Å². The highest BCUT2D eigenvalue weighted by Gasteiger charge is 2.43. The molecule has 98 valence electrons. The van der Waals surface area contributed by atoms with Crippen LogP contribution in [0.5, 0.6) is 0 Å². The largest absolute Gasteiger partial charge is 0.481 e. The van der Waals surface area contributed by atoms with Gasteiger partial charge in [-0.2, -0.15) is 5.10 Å². The monoisotopic (exact) mass is 257 g/mol. The number of hydrogen-bond acceptors (Lipinski definition) is 3. The Kier molecular flexibility index (Phi) is 3.03. The number of nitrogens with zero attached hydrogens (tertiary/aromatic N) is 3. The highest BCUT2D eigenvalue weighted by atomic mass is 16.4. The molecular weight excluding hydrogens is 242 g/mol. The Morgan fingerprint density at radius 2 is 2.16 bits per heavy atom. The van der Waals surface area contributed by atoms with E-state index in [2.05, 4.69) is 10.1 Å². The zero-order chi connectivity index (χ0) is 13.2. The van der Waals surface area contributed by atoms with Crippen LogP contribution in [0.25, 0.3) is 0 Å². The predicted octanol–water partition coefficient (Wildman–Crippen LogP) is 1.59. The second-order valence-electron chi connectivity index (χ2n) is 4.99. The Morgan fingerprint density at radius 1 is 1.37 bits per heavy atom. The quantitative estimate of drug-likeness (QED) is 0.883. The zero-order valence-electron chi connectivity index (χ0n) is 10.4. The van der Waals surface area contributed by atoms with Crippen molar-refractivity contribution < 1.29 is 9.90 Å². The van der Waals surface area contributed by atoms with E-state index in [0.717, 1.165) is 12.2 Å². The molecule has 1 aliphatic rings. The summed E-state index contributed by atoms with van der Waals surface area (Å²) in [5.74, 6) is 0.0962. The van der Waals surface area contributed by atoms with Gasteiger partial charge in [0.05, 0.1) is 5.92 Å².